The number of benzene rings is 2. The predicted octanol–water partition coefficient (Wildman–Crippen LogP) is 5.21. The number of aromatic nitrogens is 2. The molecule has 2 N–H and O–H groups in total. The highest BCUT2D eigenvalue weighted by molar-refractivity contribution is 5.77. The van der Waals surface area contributed by atoms with E-state index in [1.807, 2.05) is 47.4 Å². The van der Waals surface area contributed by atoms with E-state index < -0.39 is 0 Å². The summed E-state index contributed by atoms with van der Waals surface area (Å²) in [5.74, 6) is 2.38. The number of hydrogen-bond donors (Lipinski definition) is 2. The van der Waals surface area contributed by atoms with E-state index in [9.17, 15) is 4.79 Å². The number of piperidine rings is 1. The lowest BCUT2D eigenvalue weighted by Gasteiger charge is -2.36. The van der Waals surface area contributed by atoms with Crippen molar-refractivity contribution in [2.75, 3.05) is 20.8 Å². The largest absolute Gasteiger partial charge is 0.493 e. The summed E-state index contributed by atoms with van der Waals surface area (Å²) in [7, 11) is 3.24. The normalized spacial score (nSPS) is 17.4. The van der Waals surface area contributed by atoms with Gasteiger partial charge in [0, 0.05) is 6.54 Å². The second-order valence-corrected chi connectivity index (χ2v) is 8.63. The van der Waals surface area contributed by atoms with Crippen LogP contribution in [0.15, 0.2) is 42.5 Å². The first-order valence-corrected chi connectivity index (χ1v) is 11.3. The van der Waals surface area contributed by atoms with Crippen LogP contribution in [-0.4, -0.2) is 41.7 Å². The van der Waals surface area contributed by atoms with Gasteiger partial charge in [-0.25, -0.2) is 9.78 Å². The van der Waals surface area contributed by atoms with Gasteiger partial charge in [0.15, 0.2) is 11.5 Å². The third-order valence-electron chi connectivity index (χ3n) is 6.20. The van der Waals surface area contributed by atoms with Gasteiger partial charge in [0.2, 0.25) is 0 Å². The van der Waals surface area contributed by atoms with Crippen molar-refractivity contribution in [1.82, 2.24) is 20.2 Å². The van der Waals surface area contributed by atoms with Crippen molar-refractivity contribution < 1.29 is 14.3 Å². The number of likely N-dealkylation sites (tertiary alicyclic amines) is 1. The molecule has 2 amide bonds. The van der Waals surface area contributed by atoms with Crippen LogP contribution in [-0.2, 0) is 0 Å². The molecule has 0 bridgehead atoms. The third kappa shape index (κ3) is 4.38. The summed E-state index contributed by atoms with van der Waals surface area (Å²) in [6.07, 6.45) is 2.97. The molecule has 2 unspecified atom stereocenters. The fourth-order valence-electron chi connectivity index (χ4n) is 4.49. The summed E-state index contributed by atoms with van der Waals surface area (Å²) in [6, 6.07) is 13.5. The van der Waals surface area contributed by atoms with Crippen LogP contribution >= 0.6 is 0 Å². The standard InChI is InChI=1S/C25H32N4O3/c1-16(2)23(17-12-13-21(31-3)22(15-17)32-4)28-25(30)29-14-8-7-11-20(29)24-26-18-9-5-6-10-19(18)27-24/h5-6,9-10,12-13,15-16,20,23H,7-8,11,14H2,1-4H3,(H,26,27)(H,28,30). The van der Waals surface area contributed by atoms with Gasteiger partial charge in [0.05, 0.1) is 37.3 Å². The van der Waals surface area contributed by atoms with Gasteiger partial charge >= 0.3 is 6.03 Å². The van der Waals surface area contributed by atoms with Crippen LogP contribution in [0.1, 0.15) is 56.6 Å². The second kappa shape index (κ2) is 9.51. The van der Waals surface area contributed by atoms with Crippen molar-refractivity contribution in [1.29, 1.82) is 0 Å². The number of carbonyl (C=O) groups excluding carboxylic acids is 1. The molecule has 32 heavy (non-hydrogen) atoms. The maximum absolute atomic E-state index is 13.5. The molecule has 0 spiro atoms. The number of fused-ring (bicyclic) bond motifs is 1. The predicted molar refractivity (Wildman–Crippen MR) is 125 cm³/mol. The highest BCUT2D eigenvalue weighted by Crippen LogP contribution is 2.34. The molecular formula is C25H32N4O3. The van der Waals surface area contributed by atoms with Crippen molar-refractivity contribution in [3.63, 3.8) is 0 Å². The molecule has 0 radical (unpaired) electrons. The Labute approximate surface area is 189 Å². The topological polar surface area (TPSA) is 79.5 Å². The van der Waals surface area contributed by atoms with Crippen molar-refractivity contribution in [2.24, 2.45) is 5.92 Å². The summed E-state index contributed by atoms with van der Waals surface area (Å²) < 4.78 is 10.8. The summed E-state index contributed by atoms with van der Waals surface area (Å²) in [6.45, 7) is 4.92. The average molecular weight is 437 g/mol. The first kappa shape index (κ1) is 22.0. The van der Waals surface area contributed by atoms with Crippen LogP contribution in [0.5, 0.6) is 11.5 Å². The Balaban J connectivity index is 1.58. The van der Waals surface area contributed by atoms with Gasteiger partial charge in [-0.15, -0.1) is 0 Å². The van der Waals surface area contributed by atoms with Crippen LogP contribution in [0, 0.1) is 5.92 Å². The van der Waals surface area contributed by atoms with Gasteiger partial charge < -0.3 is 24.7 Å². The lowest BCUT2D eigenvalue weighted by molar-refractivity contribution is 0.142. The number of aromatic amines is 1. The summed E-state index contributed by atoms with van der Waals surface area (Å²) in [4.78, 5) is 23.6. The van der Waals surface area contributed by atoms with Crippen LogP contribution in [0.3, 0.4) is 0 Å². The lowest BCUT2D eigenvalue weighted by Crippen LogP contribution is -2.46. The van der Waals surface area contributed by atoms with Gasteiger partial charge in [-0.3, -0.25) is 0 Å². The molecule has 4 rings (SSSR count). The zero-order chi connectivity index (χ0) is 22.7. The Morgan fingerprint density at radius 2 is 1.91 bits per heavy atom. The number of carbonyl (C=O) groups is 1. The highest BCUT2D eigenvalue weighted by Gasteiger charge is 2.32. The molecule has 2 atom stereocenters. The zero-order valence-electron chi connectivity index (χ0n) is 19.2. The average Bonchev–Trinajstić information content (AvgIpc) is 3.26. The van der Waals surface area contributed by atoms with E-state index in [2.05, 4.69) is 24.1 Å². The monoisotopic (exact) mass is 436 g/mol. The molecule has 1 aliphatic rings. The fourth-order valence-corrected chi connectivity index (χ4v) is 4.49. The maximum atomic E-state index is 13.5. The van der Waals surface area contributed by atoms with E-state index in [0.29, 0.717) is 18.0 Å². The summed E-state index contributed by atoms with van der Waals surface area (Å²) >= 11 is 0. The van der Waals surface area contributed by atoms with Crippen LogP contribution in [0.25, 0.3) is 11.0 Å². The first-order chi connectivity index (χ1) is 15.5. The summed E-state index contributed by atoms with van der Waals surface area (Å²) in [5.41, 5.74) is 2.92. The first-order valence-electron chi connectivity index (χ1n) is 11.3. The number of methoxy groups -OCH3 is 2. The number of nitrogens with one attached hydrogen (secondary N) is 2. The SMILES string of the molecule is COc1ccc(C(NC(=O)N2CCCCC2c2nc3ccccc3[nH]2)C(C)C)cc1OC. The fraction of sp³-hybridized carbons (Fsp3) is 0.440. The Bertz CT molecular complexity index is 1040. The van der Waals surface area contributed by atoms with Crippen molar-refractivity contribution in [3.8, 4) is 11.5 Å². The minimum atomic E-state index is -0.152. The van der Waals surface area contributed by atoms with E-state index in [0.717, 1.165) is 41.7 Å². The van der Waals surface area contributed by atoms with Gasteiger partial charge in [0.25, 0.3) is 0 Å². The molecule has 1 fully saturated rings. The molecule has 170 valence electrons. The maximum Gasteiger partial charge on any atom is 0.318 e. The Morgan fingerprint density at radius 3 is 2.62 bits per heavy atom. The number of hydrogen-bond acceptors (Lipinski definition) is 4. The lowest BCUT2D eigenvalue weighted by atomic mass is 9.95. The van der Waals surface area contributed by atoms with Crippen LogP contribution in [0.2, 0.25) is 0 Å². The minimum Gasteiger partial charge on any atom is -0.493 e. The quantitative estimate of drug-likeness (QED) is 0.556. The Morgan fingerprint density at radius 1 is 1.12 bits per heavy atom. The van der Waals surface area contributed by atoms with Crippen molar-refractivity contribution in [2.45, 2.75) is 45.2 Å². The molecule has 1 aliphatic heterocycles. The van der Waals surface area contributed by atoms with Gasteiger partial charge in [-0.1, -0.05) is 32.0 Å². The molecule has 2 aromatic carbocycles. The van der Waals surface area contributed by atoms with Crippen LogP contribution in [0.4, 0.5) is 4.79 Å². The molecule has 1 aromatic heterocycles. The van der Waals surface area contributed by atoms with Gasteiger partial charge in [0.1, 0.15) is 5.82 Å². The minimum absolute atomic E-state index is 0.0608. The summed E-state index contributed by atoms with van der Waals surface area (Å²) in [5, 5.41) is 3.27. The zero-order valence-corrected chi connectivity index (χ0v) is 19.2. The molecule has 7 nitrogen and oxygen atoms in total. The molecule has 0 aliphatic carbocycles. The van der Waals surface area contributed by atoms with Crippen LogP contribution < -0.4 is 14.8 Å². The number of rotatable bonds is 6. The number of nitrogens with zero attached hydrogens (tertiary/aromatic N) is 2. The van der Waals surface area contributed by atoms with E-state index >= 15 is 0 Å². The number of urea groups is 1. The van der Waals surface area contributed by atoms with Crippen molar-refractivity contribution in [3.05, 3.63) is 53.9 Å². The Hall–Kier alpha value is -3.22. The molecular weight excluding hydrogens is 404 g/mol. The third-order valence-corrected chi connectivity index (χ3v) is 6.20. The number of imidazole rings is 1. The molecule has 3 aromatic rings. The number of H-pyrrole nitrogens is 1. The highest BCUT2D eigenvalue weighted by atomic mass is 16.5. The van der Waals surface area contributed by atoms with Crippen molar-refractivity contribution >= 4 is 17.1 Å². The second-order valence-electron chi connectivity index (χ2n) is 8.63. The van der Waals surface area contributed by atoms with E-state index in [4.69, 9.17) is 14.5 Å². The molecule has 2 heterocycles. The van der Waals surface area contributed by atoms with E-state index in [1.54, 1.807) is 14.2 Å². The molecule has 7 heteroatoms. The number of ether oxygens (including phenoxy) is 2. The number of para-hydroxylation sites is 2. The smallest absolute Gasteiger partial charge is 0.318 e. The Kier molecular flexibility index (Phi) is 6.53. The number of amides is 2. The molecule has 1 saturated heterocycles. The van der Waals surface area contributed by atoms with E-state index in [-0.39, 0.29) is 24.0 Å². The van der Waals surface area contributed by atoms with E-state index in [1.165, 1.54) is 0 Å². The van der Waals surface area contributed by atoms with Gasteiger partial charge in [-0.05, 0) is 55.0 Å². The van der Waals surface area contributed by atoms with Gasteiger partial charge in [-0.2, -0.15) is 0 Å². The molecule has 0 saturated carbocycles.